The van der Waals surface area contributed by atoms with Gasteiger partial charge in [-0.2, -0.15) is 0 Å². The van der Waals surface area contributed by atoms with E-state index < -0.39 is 0 Å². The zero-order valence-electron chi connectivity index (χ0n) is 15.1. The van der Waals surface area contributed by atoms with Crippen molar-refractivity contribution in [2.45, 2.75) is 39.3 Å². The van der Waals surface area contributed by atoms with E-state index >= 15 is 0 Å². The van der Waals surface area contributed by atoms with Crippen LogP contribution in [0.2, 0.25) is 0 Å². The Morgan fingerprint density at radius 2 is 1.67 bits per heavy atom. The maximum absolute atomic E-state index is 12.3. The first-order chi connectivity index (χ1) is 11.5. The van der Waals surface area contributed by atoms with Crippen LogP contribution >= 0.6 is 0 Å². The van der Waals surface area contributed by atoms with Gasteiger partial charge in [0.2, 0.25) is 5.91 Å². The average Bonchev–Trinajstić information content (AvgIpc) is 2.56. The van der Waals surface area contributed by atoms with Crippen LogP contribution in [0.15, 0.2) is 54.6 Å². The summed E-state index contributed by atoms with van der Waals surface area (Å²) in [6.07, 6.45) is 0.858. The Hall–Kier alpha value is -2.13. The fourth-order valence-electron chi connectivity index (χ4n) is 2.89. The summed E-state index contributed by atoms with van der Waals surface area (Å²) < 4.78 is 0. The molecule has 0 aliphatic rings. The van der Waals surface area contributed by atoms with Crippen LogP contribution in [0.5, 0.6) is 0 Å². The Bertz CT molecular complexity index is 654. The molecule has 0 saturated carbocycles. The first-order valence-corrected chi connectivity index (χ1v) is 8.56. The van der Waals surface area contributed by atoms with Crippen molar-refractivity contribution in [3.8, 4) is 0 Å². The Morgan fingerprint density at radius 3 is 2.33 bits per heavy atom. The highest BCUT2D eigenvalue weighted by Crippen LogP contribution is 2.17. The van der Waals surface area contributed by atoms with Crippen molar-refractivity contribution in [2.24, 2.45) is 0 Å². The van der Waals surface area contributed by atoms with E-state index in [4.69, 9.17) is 0 Å². The predicted molar refractivity (Wildman–Crippen MR) is 100.0 cm³/mol. The SMILES string of the molecule is Cc1ccccc1CC(C)NC(=O)CN(C)C(C)c1ccccc1. The molecule has 24 heavy (non-hydrogen) atoms. The fourth-order valence-corrected chi connectivity index (χ4v) is 2.89. The average molecular weight is 324 g/mol. The van der Waals surface area contributed by atoms with Crippen LogP contribution in [0, 0.1) is 6.92 Å². The quantitative estimate of drug-likeness (QED) is 0.841. The van der Waals surface area contributed by atoms with E-state index in [1.54, 1.807) is 0 Å². The van der Waals surface area contributed by atoms with Gasteiger partial charge in [0.05, 0.1) is 6.54 Å². The number of hydrogen-bond donors (Lipinski definition) is 1. The van der Waals surface area contributed by atoms with Gasteiger partial charge < -0.3 is 5.32 Å². The molecule has 0 aromatic heterocycles. The maximum Gasteiger partial charge on any atom is 0.234 e. The molecule has 3 heteroatoms. The third-order valence-corrected chi connectivity index (χ3v) is 4.53. The van der Waals surface area contributed by atoms with Crippen LogP contribution in [0.1, 0.15) is 36.6 Å². The molecule has 0 bridgehead atoms. The van der Waals surface area contributed by atoms with Gasteiger partial charge in [-0.3, -0.25) is 9.69 Å². The third-order valence-electron chi connectivity index (χ3n) is 4.53. The molecule has 1 amide bonds. The molecule has 2 aromatic rings. The number of rotatable bonds is 7. The number of amides is 1. The second-order valence-electron chi connectivity index (χ2n) is 6.60. The van der Waals surface area contributed by atoms with E-state index in [0.29, 0.717) is 6.54 Å². The summed E-state index contributed by atoms with van der Waals surface area (Å²) in [5, 5.41) is 3.11. The molecule has 0 aliphatic carbocycles. The number of nitrogens with one attached hydrogen (secondary N) is 1. The first-order valence-electron chi connectivity index (χ1n) is 8.56. The van der Waals surface area contributed by atoms with Crippen molar-refractivity contribution in [3.05, 3.63) is 71.3 Å². The van der Waals surface area contributed by atoms with Crippen molar-refractivity contribution in [2.75, 3.05) is 13.6 Å². The van der Waals surface area contributed by atoms with E-state index in [2.05, 4.69) is 55.3 Å². The zero-order chi connectivity index (χ0) is 17.5. The molecule has 1 N–H and O–H groups in total. The van der Waals surface area contributed by atoms with E-state index in [9.17, 15) is 4.79 Å². The van der Waals surface area contributed by atoms with Gasteiger partial charge >= 0.3 is 0 Å². The molecule has 0 heterocycles. The first kappa shape index (κ1) is 18.2. The van der Waals surface area contributed by atoms with Gasteiger partial charge in [0.1, 0.15) is 0 Å². The number of nitrogens with zero attached hydrogens (tertiary/aromatic N) is 1. The predicted octanol–water partition coefficient (Wildman–Crippen LogP) is 3.74. The molecule has 2 atom stereocenters. The summed E-state index contributed by atoms with van der Waals surface area (Å²) in [5.41, 5.74) is 3.78. The minimum absolute atomic E-state index is 0.0707. The summed E-state index contributed by atoms with van der Waals surface area (Å²) in [5.74, 6) is 0.0707. The molecule has 0 saturated heterocycles. The normalized spacial score (nSPS) is 13.5. The lowest BCUT2D eigenvalue weighted by atomic mass is 10.0. The van der Waals surface area contributed by atoms with Crippen LogP contribution in [0.3, 0.4) is 0 Å². The van der Waals surface area contributed by atoms with Gasteiger partial charge in [-0.1, -0.05) is 54.6 Å². The molecule has 0 radical (unpaired) electrons. The molecule has 2 aromatic carbocycles. The van der Waals surface area contributed by atoms with Gasteiger partial charge in [0, 0.05) is 12.1 Å². The van der Waals surface area contributed by atoms with Crippen LogP contribution < -0.4 is 5.32 Å². The van der Waals surface area contributed by atoms with Crippen LogP contribution in [-0.4, -0.2) is 30.4 Å². The largest absolute Gasteiger partial charge is 0.352 e. The molecule has 0 aliphatic heterocycles. The minimum atomic E-state index is 0.0707. The lowest BCUT2D eigenvalue weighted by Gasteiger charge is -2.25. The van der Waals surface area contributed by atoms with Gasteiger partial charge in [-0.25, -0.2) is 0 Å². The second kappa shape index (κ2) is 8.65. The van der Waals surface area contributed by atoms with Gasteiger partial charge in [-0.05, 0) is 50.9 Å². The van der Waals surface area contributed by atoms with Crippen molar-refractivity contribution < 1.29 is 4.79 Å². The topological polar surface area (TPSA) is 32.3 Å². The number of carbonyl (C=O) groups is 1. The number of carbonyl (C=O) groups excluding carboxylic acids is 1. The molecular weight excluding hydrogens is 296 g/mol. The van der Waals surface area contributed by atoms with Crippen molar-refractivity contribution in [1.29, 1.82) is 0 Å². The van der Waals surface area contributed by atoms with Crippen molar-refractivity contribution in [3.63, 3.8) is 0 Å². The molecule has 2 rings (SSSR count). The van der Waals surface area contributed by atoms with Crippen molar-refractivity contribution in [1.82, 2.24) is 10.2 Å². The molecule has 128 valence electrons. The van der Waals surface area contributed by atoms with Crippen LogP contribution in [0.4, 0.5) is 0 Å². The third kappa shape index (κ3) is 5.20. The van der Waals surface area contributed by atoms with Gasteiger partial charge in [-0.15, -0.1) is 0 Å². The fraction of sp³-hybridized carbons (Fsp3) is 0.381. The molecule has 0 spiro atoms. The van der Waals surface area contributed by atoms with Crippen LogP contribution in [0.25, 0.3) is 0 Å². The molecule has 0 fully saturated rings. The van der Waals surface area contributed by atoms with Crippen LogP contribution in [-0.2, 0) is 11.2 Å². The highest BCUT2D eigenvalue weighted by Gasteiger charge is 2.16. The maximum atomic E-state index is 12.3. The second-order valence-corrected chi connectivity index (χ2v) is 6.60. The van der Waals surface area contributed by atoms with E-state index in [1.807, 2.05) is 37.4 Å². The molecular formula is C21H28N2O. The monoisotopic (exact) mass is 324 g/mol. The zero-order valence-corrected chi connectivity index (χ0v) is 15.1. The lowest BCUT2D eigenvalue weighted by molar-refractivity contribution is -0.123. The van der Waals surface area contributed by atoms with E-state index in [-0.39, 0.29) is 18.0 Å². The molecule has 3 nitrogen and oxygen atoms in total. The highest BCUT2D eigenvalue weighted by atomic mass is 16.2. The lowest BCUT2D eigenvalue weighted by Crippen LogP contribution is -2.41. The summed E-state index contributed by atoms with van der Waals surface area (Å²) >= 11 is 0. The molecule has 2 unspecified atom stereocenters. The van der Waals surface area contributed by atoms with Crippen molar-refractivity contribution >= 4 is 5.91 Å². The minimum Gasteiger partial charge on any atom is -0.352 e. The summed E-state index contributed by atoms with van der Waals surface area (Å²) in [4.78, 5) is 14.4. The smallest absolute Gasteiger partial charge is 0.234 e. The summed E-state index contributed by atoms with van der Waals surface area (Å²) in [6, 6.07) is 18.9. The number of benzene rings is 2. The Morgan fingerprint density at radius 1 is 1.04 bits per heavy atom. The Balaban J connectivity index is 1.85. The Labute approximate surface area is 145 Å². The summed E-state index contributed by atoms with van der Waals surface area (Å²) in [6.45, 7) is 6.69. The highest BCUT2D eigenvalue weighted by molar-refractivity contribution is 5.78. The summed E-state index contributed by atoms with van der Waals surface area (Å²) in [7, 11) is 1.99. The van der Waals surface area contributed by atoms with Gasteiger partial charge in [0.15, 0.2) is 0 Å². The number of hydrogen-bond acceptors (Lipinski definition) is 2. The number of aryl methyl sites for hydroxylation is 1. The Kier molecular flexibility index (Phi) is 6.56. The van der Waals surface area contributed by atoms with E-state index in [1.165, 1.54) is 16.7 Å². The standard InChI is InChI=1S/C21H28N2O/c1-16-10-8-9-13-20(16)14-17(2)22-21(24)15-23(4)18(3)19-11-6-5-7-12-19/h5-13,17-18H,14-15H2,1-4H3,(H,22,24). The van der Waals surface area contributed by atoms with Gasteiger partial charge in [0.25, 0.3) is 0 Å². The van der Waals surface area contributed by atoms with E-state index in [0.717, 1.165) is 6.42 Å². The number of likely N-dealkylation sites (N-methyl/N-ethyl adjacent to an activating group) is 1.